The lowest BCUT2D eigenvalue weighted by molar-refractivity contribution is -0.124. The second-order valence-corrected chi connectivity index (χ2v) is 12.2. The highest BCUT2D eigenvalue weighted by atomic mass is 16.5. The molecule has 4 rings (SSSR count). The number of carbonyl (C=O) groups excluding carboxylic acids is 2. The number of ether oxygens (including phenoxy) is 4. The van der Waals surface area contributed by atoms with Gasteiger partial charge in [0.05, 0.1) is 38.7 Å². The van der Waals surface area contributed by atoms with Gasteiger partial charge < -0.3 is 34.9 Å². The number of benzene rings is 1. The third kappa shape index (κ3) is 8.02. The van der Waals surface area contributed by atoms with Crippen LogP contribution in [0, 0.1) is 0 Å². The van der Waals surface area contributed by atoms with Crippen LogP contribution in [0.15, 0.2) is 29.1 Å². The van der Waals surface area contributed by atoms with Crippen LogP contribution in [0.5, 0.6) is 17.2 Å². The Balaban J connectivity index is 1.47. The van der Waals surface area contributed by atoms with Crippen LogP contribution >= 0.6 is 0 Å². The van der Waals surface area contributed by atoms with E-state index in [-0.39, 0.29) is 34.9 Å². The molecule has 0 aromatic heterocycles. The molecule has 10 heteroatoms. The fraction of sp³-hybridized carbons (Fsp3) is 0.559. The molecule has 2 amide bonds. The van der Waals surface area contributed by atoms with Gasteiger partial charge in [-0.15, -0.1) is 0 Å². The van der Waals surface area contributed by atoms with E-state index >= 15 is 0 Å². The maximum atomic E-state index is 13.5. The smallest absolute Gasteiger partial charge is 0.220 e. The molecule has 2 aliphatic rings. The van der Waals surface area contributed by atoms with Crippen LogP contribution in [-0.2, 0) is 20.7 Å². The number of amides is 2. The Hall–Kier alpha value is -3.79. The molecule has 1 aliphatic heterocycles. The van der Waals surface area contributed by atoms with E-state index in [4.69, 9.17) is 18.9 Å². The highest BCUT2D eigenvalue weighted by Crippen LogP contribution is 2.50. The summed E-state index contributed by atoms with van der Waals surface area (Å²) in [6.07, 6.45) is 5.85. The van der Waals surface area contributed by atoms with Gasteiger partial charge in [0, 0.05) is 38.1 Å². The number of rotatable bonds is 12. The number of hydrogen-bond acceptors (Lipinski definition) is 8. The normalized spacial score (nSPS) is 18.6. The first-order chi connectivity index (χ1) is 21.1. The minimum Gasteiger partial charge on any atom is -0.493 e. The van der Waals surface area contributed by atoms with E-state index in [9.17, 15) is 14.4 Å². The first kappa shape index (κ1) is 33.1. The number of fused-ring (bicyclic) bond motifs is 3. The minimum absolute atomic E-state index is 0.0813. The quantitative estimate of drug-likeness (QED) is 0.290. The molecule has 240 valence electrons. The van der Waals surface area contributed by atoms with Gasteiger partial charge in [-0.1, -0.05) is 12.5 Å². The maximum Gasteiger partial charge on any atom is 0.220 e. The lowest BCUT2D eigenvalue weighted by atomic mass is 9.94. The number of anilines is 1. The number of carbonyl (C=O) groups is 2. The van der Waals surface area contributed by atoms with E-state index in [0.29, 0.717) is 55.4 Å². The van der Waals surface area contributed by atoms with E-state index in [1.165, 1.54) is 6.92 Å². The van der Waals surface area contributed by atoms with Crippen LogP contribution < -0.4 is 35.6 Å². The predicted octanol–water partition coefficient (Wildman–Crippen LogP) is 4.91. The van der Waals surface area contributed by atoms with Crippen LogP contribution in [0.2, 0.25) is 0 Å². The number of hydrogen-bond donors (Lipinski definition) is 3. The first-order valence-electron chi connectivity index (χ1n) is 15.5. The summed E-state index contributed by atoms with van der Waals surface area (Å²) in [5.74, 6) is 1.45. The maximum absolute atomic E-state index is 13.5. The number of methoxy groups -OCH3 is 3. The SMILES string of the molecule is COc1cc2c(c(OC)c1OC)-c1ccc(NCCCCCC(=O)NC3CCOC(C)(C)C3)c(=O)cc1C(NC(C)=O)CC2. The molecule has 2 atom stereocenters. The van der Waals surface area contributed by atoms with Gasteiger partial charge in [-0.2, -0.15) is 0 Å². The number of aryl methyl sites for hydroxylation is 1. The zero-order valence-electron chi connectivity index (χ0n) is 26.9. The van der Waals surface area contributed by atoms with Gasteiger partial charge in [0.15, 0.2) is 11.5 Å². The zero-order chi connectivity index (χ0) is 31.9. The Morgan fingerprint density at radius 1 is 0.977 bits per heavy atom. The molecule has 1 aliphatic carbocycles. The van der Waals surface area contributed by atoms with Crippen LogP contribution in [0.3, 0.4) is 0 Å². The van der Waals surface area contributed by atoms with Gasteiger partial charge >= 0.3 is 0 Å². The predicted molar refractivity (Wildman–Crippen MR) is 171 cm³/mol. The molecule has 2 aromatic rings. The van der Waals surface area contributed by atoms with Gasteiger partial charge in [0.2, 0.25) is 23.0 Å². The van der Waals surface area contributed by atoms with Crippen molar-refractivity contribution in [1.82, 2.24) is 10.6 Å². The number of nitrogens with one attached hydrogen (secondary N) is 3. The van der Waals surface area contributed by atoms with Gasteiger partial charge in [0.25, 0.3) is 0 Å². The van der Waals surface area contributed by atoms with Crippen molar-refractivity contribution < 1.29 is 28.5 Å². The average molecular weight is 610 g/mol. The summed E-state index contributed by atoms with van der Waals surface area (Å²) in [6.45, 7) is 6.86. The van der Waals surface area contributed by atoms with Crippen LogP contribution in [-0.4, -0.2) is 57.9 Å². The van der Waals surface area contributed by atoms with Gasteiger partial charge in [-0.3, -0.25) is 14.4 Å². The molecule has 1 heterocycles. The standard InChI is InChI=1S/C34H47N3O7/c1-21(38)36-26-13-11-22-18-29(41-4)32(42-5)33(43-6)31(22)24-12-14-27(28(39)19-25(24)26)35-16-9-7-8-10-30(40)37-23-15-17-44-34(2,3)20-23/h12,14,18-19,23,26H,7-11,13,15-17,20H2,1-6H3,(H,35,39)(H,36,38)(H,37,40). The molecule has 0 bridgehead atoms. The summed E-state index contributed by atoms with van der Waals surface area (Å²) >= 11 is 0. The third-order valence-corrected chi connectivity index (χ3v) is 8.37. The summed E-state index contributed by atoms with van der Waals surface area (Å²) in [6, 6.07) is 7.06. The van der Waals surface area contributed by atoms with Gasteiger partial charge in [0.1, 0.15) is 0 Å². The zero-order valence-corrected chi connectivity index (χ0v) is 26.9. The largest absolute Gasteiger partial charge is 0.493 e. The average Bonchev–Trinajstić information content (AvgIpc) is 3.21. The summed E-state index contributed by atoms with van der Waals surface area (Å²) in [7, 11) is 4.73. The van der Waals surface area contributed by atoms with Crippen molar-refractivity contribution in [3.05, 3.63) is 45.6 Å². The topological polar surface area (TPSA) is 124 Å². The van der Waals surface area contributed by atoms with Crippen molar-refractivity contribution in [2.45, 2.75) is 89.8 Å². The Bertz CT molecular complexity index is 1410. The molecule has 0 radical (unpaired) electrons. The fourth-order valence-electron chi connectivity index (χ4n) is 6.32. The van der Waals surface area contributed by atoms with E-state index in [0.717, 1.165) is 54.4 Å². The monoisotopic (exact) mass is 609 g/mol. The molecular weight excluding hydrogens is 562 g/mol. The van der Waals surface area contributed by atoms with Crippen molar-refractivity contribution >= 4 is 17.5 Å². The molecular formula is C34H47N3O7. The summed E-state index contributed by atoms with van der Waals surface area (Å²) < 4.78 is 22.8. The van der Waals surface area contributed by atoms with Crippen molar-refractivity contribution in [2.24, 2.45) is 0 Å². The summed E-state index contributed by atoms with van der Waals surface area (Å²) in [5, 5.41) is 9.48. The van der Waals surface area contributed by atoms with E-state index in [2.05, 4.69) is 29.8 Å². The molecule has 1 saturated heterocycles. The molecule has 2 unspecified atom stereocenters. The van der Waals surface area contributed by atoms with E-state index < -0.39 is 0 Å². The van der Waals surface area contributed by atoms with Crippen molar-refractivity contribution in [3.63, 3.8) is 0 Å². The van der Waals surface area contributed by atoms with Crippen LogP contribution in [0.4, 0.5) is 5.69 Å². The van der Waals surface area contributed by atoms with Gasteiger partial charge in [-0.25, -0.2) is 0 Å². The molecule has 0 saturated carbocycles. The second-order valence-electron chi connectivity index (χ2n) is 12.2. The third-order valence-electron chi connectivity index (χ3n) is 8.37. The highest BCUT2D eigenvalue weighted by molar-refractivity contribution is 5.83. The van der Waals surface area contributed by atoms with Crippen molar-refractivity contribution in [1.29, 1.82) is 0 Å². The lowest BCUT2D eigenvalue weighted by Gasteiger charge is -2.35. The Labute approximate surface area is 260 Å². The minimum atomic E-state index is -0.358. The second kappa shape index (κ2) is 14.8. The molecule has 10 nitrogen and oxygen atoms in total. The molecule has 0 spiro atoms. The Morgan fingerprint density at radius 3 is 2.43 bits per heavy atom. The molecule has 1 fully saturated rings. The van der Waals surface area contributed by atoms with Crippen molar-refractivity contribution in [3.8, 4) is 28.4 Å². The lowest BCUT2D eigenvalue weighted by Crippen LogP contribution is -2.45. The fourth-order valence-corrected chi connectivity index (χ4v) is 6.32. The number of unbranched alkanes of at least 4 members (excludes halogenated alkanes) is 2. The Kier molecular flexibility index (Phi) is 11.1. The summed E-state index contributed by atoms with van der Waals surface area (Å²) in [4.78, 5) is 38.1. The van der Waals surface area contributed by atoms with Gasteiger partial charge in [-0.05, 0) is 87.3 Å². The molecule has 44 heavy (non-hydrogen) atoms. The van der Waals surface area contributed by atoms with Crippen LogP contribution in [0.25, 0.3) is 11.1 Å². The highest BCUT2D eigenvalue weighted by Gasteiger charge is 2.30. The Morgan fingerprint density at radius 2 is 1.75 bits per heavy atom. The molecule has 2 aromatic carbocycles. The summed E-state index contributed by atoms with van der Waals surface area (Å²) in [5.41, 5.74) is 3.42. The van der Waals surface area contributed by atoms with Crippen LogP contribution in [0.1, 0.15) is 82.9 Å². The van der Waals surface area contributed by atoms with E-state index in [1.807, 2.05) is 12.1 Å². The van der Waals surface area contributed by atoms with Crippen molar-refractivity contribution in [2.75, 3.05) is 39.8 Å². The first-order valence-corrected chi connectivity index (χ1v) is 15.5. The molecule has 3 N–H and O–H groups in total. The van der Waals surface area contributed by atoms with E-state index in [1.54, 1.807) is 33.5 Å².